The molecule has 2 aromatic carbocycles. The highest BCUT2D eigenvalue weighted by atomic mass is 32.2. The van der Waals surface area contributed by atoms with E-state index < -0.39 is 4.92 Å². The number of nitrogens with two attached hydrogens (primary N) is 1. The summed E-state index contributed by atoms with van der Waals surface area (Å²) in [6, 6.07) is 12.5. The largest absolute Gasteiger partial charge is 0.485 e. The molecule has 3 aromatic rings. The summed E-state index contributed by atoms with van der Waals surface area (Å²) in [6.45, 7) is 6.10. The molecule has 9 heteroatoms. The SMILES string of the molecule is Cc1cccc(C)c1OCc1nnc(SC(C)c2cccc([N+](=O)[O-])c2)n1N. The third kappa shape index (κ3) is 4.25. The van der Waals surface area contributed by atoms with E-state index in [-0.39, 0.29) is 17.5 Å². The fraction of sp³-hybridized carbons (Fsp3) is 0.263. The smallest absolute Gasteiger partial charge is 0.269 e. The monoisotopic (exact) mass is 399 g/mol. The van der Waals surface area contributed by atoms with E-state index in [9.17, 15) is 10.1 Å². The van der Waals surface area contributed by atoms with Gasteiger partial charge in [-0.1, -0.05) is 42.1 Å². The molecule has 1 aromatic heterocycles. The molecule has 0 aliphatic rings. The topological polar surface area (TPSA) is 109 Å². The van der Waals surface area contributed by atoms with Crippen LogP contribution in [0.2, 0.25) is 0 Å². The number of nitro benzene ring substituents is 1. The molecule has 1 heterocycles. The zero-order valence-corrected chi connectivity index (χ0v) is 16.6. The van der Waals surface area contributed by atoms with Gasteiger partial charge in [-0.05, 0) is 37.5 Å². The molecule has 0 saturated carbocycles. The molecule has 146 valence electrons. The van der Waals surface area contributed by atoms with Crippen LogP contribution in [0.4, 0.5) is 5.69 Å². The Morgan fingerprint density at radius 3 is 2.57 bits per heavy atom. The summed E-state index contributed by atoms with van der Waals surface area (Å²) in [6.07, 6.45) is 0. The summed E-state index contributed by atoms with van der Waals surface area (Å²) in [4.78, 5) is 10.6. The van der Waals surface area contributed by atoms with E-state index >= 15 is 0 Å². The molecule has 0 spiro atoms. The van der Waals surface area contributed by atoms with Crippen LogP contribution < -0.4 is 10.6 Å². The number of nitrogen functional groups attached to an aromatic ring is 1. The Bertz CT molecular complexity index is 985. The fourth-order valence-corrected chi connectivity index (χ4v) is 3.67. The average molecular weight is 399 g/mol. The van der Waals surface area contributed by atoms with Gasteiger partial charge in [-0.3, -0.25) is 10.1 Å². The number of benzene rings is 2. The third-order valence-corrected chi connectivity index (χ3v) is 5.44. The Morgan fingerprint density at radius 1 is 1.21 bits per heavy atom. The lowest BCUT2D eigenvalue weighted by Crippen LogP contribution is -2.16. The van der Waals surface area contributed by atoms with Crippen LogP contribution in [0.5, 0.6) is 5.75 Å². The maximum absolute atomic E-state index is 11.0. The number of non-ortho nitro benzene ring substituents is 1. The number of hydrogen-bond acceptors (Lipinski definition) is 7. The summed E-state index contributed by atoms with van der Waals surface area (Å²) >= 11 is 1.38. The first kappa shape index (κ1) is 19.7. The summed E-state index contributed by atoms with van der Waals surface area (Å²) in [5.74, 6) is 7.44. The van der Waals surface area contributed by atoms with E-state index in [0.717, 1.165) is 22.4 Å². The van der Waals surface area contributed by atoms with Crippen molar-refractivity contribution in [3.8, 4) is 5.75 Å². The van der Waals surface area contributed by atoms with Gasteiger partial charge < -0.3 is 10.6 Å². The van der Waals surface area contributed by atoms with Crippen LogP contribution in [0, 0.1) is 24.0 Å². The first-order valence-corrected chi connectivity index (χ1v) is 9.54. The third-order valence-electron chi connectivity index (χ3n) is 4.32. The fourth-order valence-electron chi connectivity index (χ4n) is 2.77. The molecule has 3 rings (SSSR count). The second kappa shape index (κ2) is 8.30. The van der Waals surface area contributed by atoms with Gasteiger partial charge in [0.1, 0.15) is 12.4 Å². The van der Waals surface area contributed by atoms with E-state index in [2.05, 4.69) is 10.2 Å². The molecule has 0 aliphatic carbocycles. The van der Waals surface area contributed by atoms with E-state index in [4.69, 9.17) is 10.6 Å². The molecule has 0 saturated heterocycles. The Labute approximate surface area is 166 Å². The second-order valence-corrected chi connectivity index (χ2v) is 7.70. The van der Waals surface area contributed by atoms with Gasteiger partial charge in [0.2, 0.25) is 5.16 Å². The van der Waals surface area contributed by atoms with Gasteiger partial charge >= 0.3 is 0 Å². The number of aryl methyl sites for hydroxylation is 2. The maximum Gasteiger partial charge on any atom is 0.269 e. The van der Waals surface area contributed by atoms with Crippen LogP contribution in [-0.2, 0) is 6.61 Å². The highest BCUT2D eigenvalue weighted by Crippen LogP contribution is 2.34. The minimum Gasteiger partial charge on any atom is -0.485 e. The Kier molecular flexibility index (Phi) is 5.84. The summed E-state index contributed by atoms with van der Waals surface area (Å²) in [7, 11) is 0. The number of rotatable bonds is 7. The molecule has 0 aliphatic heterocycles. The maximum atomic E-state index is 11.0. The van der Waals surface area contributed by atoms with Crippen molar-refractivity contribution >= 4 is 17.4 Å². The molecule has 8 nitrogen and oxygen atoms in total. The summed E-state index contributed by atoms with van der Waals surface area (Å²) in [5.41, 5.74) is 2.95. The molecule has 1 atom stereocenters. The number of ether oxygens (including phenoxy) is 1. The van der Waals surface area contributed by atoms with Gasteiger partial charge in [-0.25, -0.2) is 4.68 Å². The van der Waals surface area contributed by atoms with Gasteiger partial charge in [-0.15, -0.1) is 10.2 Å². The predicted octanol–water partition coefficient (Wildman–Crippen LogP) is 3.95. The van der Waals surface area contributed by atoms with E-state index in [1.807, 2.05) is 45.0 Å². The van der Waals surface area contributed by atoms with Crippen molar-refractivity contribution in [3.63, 3.8) is 0 Å². The van der Waals surface area contributed by atoms with Gasteiger partial charge in [0, 0.05) is 17.4 Å². The number of hydrogen-bond donors (Lipinski definition) is 1. The molecule has 0 radical (unpaired) electrons. The molecule has 0 amide bonds. The highest BCUT2D eigenvalue weighted by Gasteiger charge is 2.17. The van der Waals surface area contributed by atoms with Crippen molar-refractivity contribution in [2.45, 2.75) is 37.8 Å². The van der Waals surface area contributed by atoms with Crippen molar-refractivity contribution in [2.75, 3.05) is 5.84 Å². The lowest BCUT2D eigenvalue weighted by atomic mass is 10.1. The highest BCUT2D eigenvalue weighted by molar-refractivity contribution is 7.99. The number of nitrogens with zero attached hydrogens (tertiary/aromatic N) is 4. The first-order chi connectivity index (χ1) is 13.4. The number of nitro groups is 1. The van der Waals surface area contributed by atoms with Gasteiger partial charge in [0.05, 0.1) is 4.92 Å². The first-order valence-electron chi connectivity index (χ1n) is 8.66. The van der Waals surface area contributed by atoms with Crippen molar-refractivity contribution in [3.05, 3.63) is 75.1 Å². The van der Waals surface area contributed by atoms with Gasteiger partial charge in [0.15, 0.2) is 5.82 Å². The molecule has 28 heavy (non-hydrogen) atoms. The zero-order valence-electron chi connectivity index (χ0n) is 15.8. The quantitative estimate of drug-likeness (QED) is 0.277. The number of aromatic nitrogens is 3. The number of thioether (sulfide) groups is 1. The molecule has 0 fully saturated rings. The lowest BCUT2D eigenvalue weighted by molar-refractivity contribution is -0.384. The lowest BCUT2D eigenvalue weighted by Gasteiger charge is -2.12. The van der Waals surface area contributed by atoms with Crippen molar-refractivity contribution in [1.29, 1.82) is 0 Å². The zero-order chi connectivity index (χ0) is 20.3. The minimum absolute atomic E-state index is 0.0573. The average Bonchev–Trinajstić information content (AvgIpc) is 3.01. The Morgan fingerprint density at radius 2 is 1.89 bits per heavy atom. The molecular weight excluding hydrogens is 378 g/mol. The van der Waals surface area contributed by atoms with Crippen LogP contribution >= 0.6 is 11.8 Å². The van der Waals surface area contributed by atoms with E-state index in [1.165, 1.54) is 22.5 Å². The van der Waals surface area contributed by atoms with Crippen LogP contribution in [0.1, 0.15) is 34.7 Å². The van der Waals surface area contributed by atoms with Crippen molar-refractivity contribution < 1.29 is 9.66 Å². The minimum atomic E-state index is -0.407. The summed E-state index contributed by atoms with van der Waals surface area (Å²) in [5, 5.41) is 19.6. The van der Waals surface area contributed by atoms with E-state index in [1.54, 1.807) is 12.1 Å². The van der Waals surface area contributed by atoms with Crippen LogP contribution in [0.15, 0.2) is 47.6 Å². The normalized spacial score (nSPS) is 12.0. The van der Waals surface area contributed by atoms with Crippen LogP contribution in [0.3, 0.4) is 0 Å². The standard InChI is InChI=1S/C19H21N5O3S/c1-12-6-4-7-13(2)18(12)27-11-17-21-22-19(23(17)20)28-14(3)15-8-5-9-16(10-15)24(25)26/h4-10,14H,11,20H2,1-3H3. The molecule has 0 bridgehead atoms. The Hall–Kier alpha value is -3.07. The van der Waals surface area contributed by atoms with Crippen LogP contribution in [-0.4, -0.2) is 19.8 Å². The number of para-hydroxylation sites is 1. The Balaban J connectivity index is 1.71. The van der Waals surface area contributed by atoms with Crippen molar-refractivity contribution in [2.24, 2.45) is 0 Å². The molecule has 1 unspecified atom stereocenters. The van der Waals surface area contributed by atoms with E-state index in [0.29, 0.717) is 11.0 Å². The molecule has 2 N–H and O–H groups in total. The van der Waals surface area contributed by atoms with Crippen molar-refractivity contribution in [1.82, 2.24) is 14.9 Å². The predicted molar refractivity (Wildman–Crippen MR) is 108 cm³/mol. The van der Waals surface area contributed by atoms with Gasteiger partial charge in [0.25, 0.3) is 5.69 Å². The summed E-state index contributed by atoms with van der Waals surface area (Å²) < 4.78 is 7.29. The van der Waals surface area contributed by atoms with Gasteiger partial charge in [-0.2, -0.15) is 0 Å². The molecular formula is C19H21N5O3S. The second-order valence-electron chi connectivity index (χ2n) is 6.39. The van der Waals surface area contributed by atoms with Crippen LogP contribution in [0.25, 0.3) is 0 Å².